The third kappa shape index (κ3) is 3.84. The van der Waals surface area contributed by atoms with Crippen LogP contribution in [0.1, 0.15) is 17.0 Å². The second kappa shape index (κ2) is 9.29. The molecular weight excluding hydrogens is 454 g/mol. The number of aromatic nitrogens is 1. The van der Waals surface area contributed by atoms with Crippen molar-refractivity contribution < 1.29 is 19.0 Å². The number of carbonyl (C=O) groups is 1. The summed E-state index contributed by atoms with van der Waals surface area (Å²) in [4.78, 5) is 26.1. The SMILES string of the molecule is COC(=O)C1=C(N)n2c(s/c(=C/c3ccc(OC)cc3)c2=O)=C(C#N)C1c1ccc(OC)cc1. The van der Waals surface area contributed by atoms with Gasteiger partial charge in [0.1, 0.15) is 22.0 Å². The van der Waals surface area contributed by atoms with Gasteiger partial charge < -0.3 is 19.9 Å². The first-order chi connectivity index (χ1) is 16.4. The van der Waals surface area contributed by atoms with Gasteiger partial charge in [-0.3, -0.25) is 9.36 Å². The summed E-state index contributed by atoms with van der Waals surface area (Å²) in [5.41, 5.74) is 7.65. The number of hydrogen-bond acceptors (Lipinski definition) is 8. The molecule has 8 nitrogen and oxygen atoms in total. The molecule has 4 rings (SSSR count). The maximum absolute atomic E-state index is 13.3. The minimum atomic E-state index is -0.796. The number of nitrogens with two attached hydrogens (primary N) is 1. The monoisotopic (exact) mass is 475 g/mol. The molecule has 0 spiro atoms. The number of fused-ring (bicyclic) bond motifs is 1. The number of benzene rings is 2. The highest BCUT2D eigenvalue weighted by Crippen LogP contribution is 2.37. The number of hydrogen-bond donors (Lipinski definition) is 1. The molecule has 0 saturated carbocycles. The molecule has 0 saturated heterocycles. The lowest BCUT2D eigenvalue weighted by Crippen LogP contribution is -2.40. The summed E-state index contributed by atoms with van der Waals surface area (Å²) in [6.07, 6.45) is 1.71. The van der Waals surface area contributed by atoms with E-state index >= 15 is 0 Å². The summed E-state index contributed by atoms with van der Waals surface area (Å²) in [5, 5.41) is 10.1. The molecule has 1 aromatic heterocycles. The normalized spacial score (nSPS) is 15.5. The van der Waals surface area contributed by atoms with Crippen LogP contribution in [0.15, 0.2) is 58.9 Å². The highest BCUT2D eigenvalue weighted by Gasteiger charge is 2.36. The predicted molar refractivity (Wildman–Crippen MR) is 129 cm³/mol. The average molecular weight is 476 g/mol. The Labute approximate surface area is 199 Å². The summed E-state index contributed by atoms with van der Waals surface area (Å²) in [7, 11) is 4.35. The van der Waals surface area contributed by atoms with Gasteiger partial charge in [0.2, 0.25) is 0 Å². The Bertz CT molecular complexity index is 1510. The van der Waals surface area contributed by atoms with Crippen molar-refractivity contribution in [3.8, 4) is 17.6 Å². The highest BCUT2D eigenvalue weighted by atomic mass is 32.1. The number of nitrogens with zero attached hydrogens (tertiary/aromatic N) is 2. The molecule has 2 N–H and O–H groups in total. The Kier molecular flexibility index (Phi) is 6.25. The van der Waals surface area contributed by atoms with Crippen LogP contribution in [0.3, 0.4) is 0 Å². The molecule has 1 unspecified atom stereocenters. The van der Waals surface area contributed by atoms with Gasteiger partial charge in [-0.05, 0) is 41.5 Å². The zero-order valence-electron chi connectivity index (χ0n) is 18.7. The second-order valence-electron chi connectivity index (χ2n) is 7.35. The van der Waals surface area contributed by atoms with E-state index in [1.807, 2.05) is 12.1 Å². The van der Waals surface area contributed by atoms with Crippen molar-refractivity contribution in [2.75, 3.05) is 21.3 Å². The third-order valence-corrected chi connectivity index (χ3v) is 6.64. The van der Waals surface area contributed by atoms with Gasteiger partial charge in [0.05, 0.1) is 49.0 Å². The number of methoxy groups -OCH3 is 3. The molecular formula is C25H21N3O5S. The summed E-state index contributed by atoms with van der Waals surface area (Å²) in [5.74, 6) is -0.251. The lowest BCUT2D eigenvalue weighted by molar-refractivity contribution is -0.136. The second-order valence-corrected chi connectivity index (χ2v) is 8.38. The first kappa shape index (κ1) is 22.9. The Morgan fingerprint density at radius 3 is 2.18 bits per heavy atom. The molecule has 0 aliphatic carbocycles. The van der Waals surface area contributed by atoms with Gasteiger partial charge in [0, 0.05) is 0 Å². The zero-order valence-corrected chi connectivity index (χ0v) is 19.5. The van der Waals surface area contributed by atoms with E-state index in [0.29, 0.717) is 26.3 Å². The number of ether oxygens (including phenoxy) is 3. The Morgan fingerprint density at radius 2 is 1.65 bits per heavy atom. The van der Waals surface area contributed by atoms with Crippen LogP contribution in [0.25, 0.3) is 17.5 Å². The summed E-state index contributed by atoms with van der Waals surface area (Å²) < 4.78 is 17.3. The molecule has 1 aliphatic rings. The predicted octanol–water partition coefficient (Wildman–Crippen LogP) is 1.53. The number of esters is 1. The van der Waals surface area contributed by atoms with E-state index in [1.165, 1.54) is 11.7 Å². The van der Waals surface area contributed by atoms with Crippen LogP contribution in [-0.2, 0) is 9.53 Å². The number of carbonyl (C=O) groups excluding carboxylic acids is 1. The van der Waals surface area contributed by atoms with Gasteiger partial charge in [0.15, 0.2) is 0 Å². The molecule has 172 valence electrons. The standard InChI is InChI=1S/C25H21N3O5S/c1-31-16-8-4-14(5-9-16)12-19-23(29)28-22(27)21(25(30)33-3)20(18(13-26)24(28)34-19)15-6-10-17(32-2)11-7-15/h4-12,20H,27H2,1-3H3/b19-12+. The summed E-state index contributed by atoms with van der Waals surface area (Å²) in [6, 6.07) is 16.4. The van der Waals surface area contributed by atoms with Gasteiger partial charge in [-0.15, -0.1) is 11.3 Å². The fraction of sp³-hybridized carbons (Fsp3) is 0.160. The lowest BCUT2D eigenvalue weighted by Gasteiger charge is -2.24. The van der Waals surface area contributed by atoms with Crippen LogP contribution in [-0.4, -0.2) is 31.9 Å². The van der Waals surface area contributed by atoms with Crippen LogP contribution < -0.4 is 30.0 Å². The van der Waals surface area contributed by atoms with Crippen molar-refractivity contribution in [2.24, 2.45) is 5.73 Å². The third-order valence-electron chi connectivity index (χ3n) is 5.54. The van der Waals surface area contributed by atoms with Crippen molar-refractivity contribution in [1.82, 2.24) is 4.57 Å². The van der Waals surface area contributed by atoms with Crippen molar-refractivity contribution >= 4 is 34.8 Å². The highest BCUT2D eigenvalue weighted by molar-refractivity contribution is 7.07. The molecule has 1 atom stereocenters. The van der Waals surface area contributed by atoms with E-state index in [0.717, 1.165) is 16.9 Å². The van der Waals surface area contributed by atoms with E-state index in [-0.39, 0.29) is 17.0 Å². The van der Waals surface area contributed by atoms with Gasteiger partial charge >= 0.3 is 5.97 Å². The van der Waals surface area contributed by atoms with E-state index in [2.05, 4.69) is 6.07 Å². The maximum Gasteiger partial charge on any atom is 0.338 e. The minimum absolute atomic E-state index is 0.0348. The van der Waals surface area contributed by atoms with Crippen molar-refractivity contribution in [1.29, 1.82) is 5.26 Å². The first-order valence-corrected chi connectivity index (χ1v) is 11.0. The molecule has 0 fully saturated rings. The Morgan fingerprint density at radius 1 is 1.06 bits per heavy atom. The molecule has 1 aliphatic heterocycles. The number of rotatable bonds is 5. The Hall–Kier alpha value is -4.29. The van der Waals surface area contributed by atoms with Crippen LogP contribution in [0, 0.1) is 11.3 Å². The van der Waals surface area contributed by atoms with E-state index in [1.54, 1.807) is 56.7 Å². The smallest absolute Gasteiger partial charge is 0.338 e. The van der Waals surface area contributed by atoms with Crippen molar-refractivity contribution in [3.63, 3.8) is 0 Å². The van der Waals surface area contributed by atoms with E-state index in [4.69, 9.17) is 19.9 Å². The minimum Gasteiger partial charge on any atom is -0.497 e. The quantitative estimate of drug-likeness (QED) is 0.556. The summed E-state index contributed by atoms with van der Waals surface area (Å²) >= 11 is 1.14. The van der Waals surface area contributed by atoms with Gasteiger partial charge in [-0.2, -0.15) is 5.26 Å². The van der Waals surface area contributed by atoms with Crippen LogP contribution >= 0.6 is 11.3 Å². The topological polar surface area (TPSA) is 117 Å². The molecule has 3 aromatic rings. The zero-order chi connectivity index (χ0) is 24.4. The average Bonchev–Trinajstić information content (AvgIpc) is 3.19. The van der Waals surface area contributed by atoms with Gasteiger partial charge in [-0.1, -0.05) is 24.3 Å². The molecule has 0 amide bonds. The fourth-order valence-corrected chi connectivity index (χ4v) is 4.97. The first-order valence-electron chi connectivity index (χ1n) is 10.2. The molecule has 2 heterocycles. The molecule has 9 heteroatoms. The van der Waals surface area contributed by atoms with Crippen LogP contribution in [0.4, 0.5) is 0 Å². The van der Waals surface area contributed by atoms with Crippen molar-refractivity contribution in [3.05, 3.63) is 84.8 Å². The van der Waals surface area contributed by atoms with Crippen molar-refractivity contribution in [2.45, 2.75) is 5.92 Å². The summed E-state index contributed by atoms with van der Waals surface area (Å²) in [6.45, 7) is 0. The van der Waals surface area contributed by atoms with Gasteiger partial charge in [-0.25, -0.2) is 4.79 Å². The molecule has 0 bridgehead atoms. The van der Waals surface area contributed by atoms with Gasteiger partial charge in [0.25, 0.3) is 5.56 Å². The number of nitriles is 1. The fourth-order valence-electron chi connectivity index (χ4n) is 3.84. The van der Waals surface area contributed by atoms with Crippen LogP contribution in [0.2, 0.25) is 0 Å². The number of thiazole rings is 1. The molecule has 0 radical (unpaired) electrons. The molecule has 34 heavy (non-hydrogen) atoms. The Balaban J connectivity index is 2.01. The lowest BCUT2D eigenvalue weighted by atomic mass is 9.84. The van der Waals surface area contributed by atoms with Crippen LogP contribution in [0.5, 0.6) is 11.5 Å². The van der Waals surface area contributed by atoms with E-state index in [9.17, 15) is 14.9 Å². The van der Waals surface area contributed by atoms with E-state index < -0.39 is 17.4 Å². The largest absolute Gasteiger partial charge is 0.497 e. The molecule has 2 aromatic carbocycles. The maximum atomic E-state index is 13.3.